The molecule has 1 N–H and O–H groups in total. The summed E-state index contributed by atoms with van der Waals surface area (Å²) >= 11 is 0. The van der Waals surface area contributed by atoms with Crippen LogP contribution in [0.15, 0.2) is 29.2 Å². The second kappa shape index (κ2) is 5.63. The van der Waals surface area contributed by atoms with Crippen molar-refractivity contribution in [2.75, 3.05) is 19.5 Å². The SMILES string of the molecule is COCCS(=O)c1ccc(C(=O)O)cc1. The Balaban J connectivity index is 2.71. The summed E-state index contributed by atoms with van der Waals surface area (Å²) < 4.78 is 16.4. The molecular formula is C10H12O4S. The minimum Gasteiger partial charge on any atom is -0.478 e. The van der Waals surface area contributed by atoms with E-state index in [1.54, 1.807) is 19.2 Å². The summed E-state index contributed by atoms with van der Waals surface area (Å²) in [6, 6.07) is 6.02. The van der Waals surface area contributed by atoms with E-state index >= 15 is 0 Å². The quantitative estimate of drug-likeness (QED) is 0.820. The lowest BCUT2D eigenvalue weighted by molar-refractivity contribution is 0.0697. The van der Waals surface area contributed by atoms with Gasteiger partial charge < -0.3 is 9.84 Å². The molecule has 0 aliphatic heterocycles. The van der Waals surface area contributed by atoms with Gasteiger partial charge in [0.1, 0.15) is 0 Å². The molecule has 1 atom stereocenters. The first-order valence-electron chi connectivity index (χ1n) is 4.36. The number of benzene rings is 1. The molecule has 1 rings (SSSR count). The van der Waals surface area contributed by atoms with Crippen molar-refractivity contribution in [3.63, 3.8) is 0 Å². The van der Waals surface area contributed by atoms with Gasteiger partial charge in [0.2, 0.25) is 0 Å². The van der Waals surface area contributed by atoms with E-state index in [2.05, 4.69) is 0 Å². The number of aromatic carboxylic acids is 1. The Bertz CT molecular complexity index is 358. The van der Waals surface area contributed by atoms with Gasteiger partial charge in [0, 0.05) is 12.0 Å². The van der Waals surface area contributed by atoms with Crippen LogP contribution in [-0.2, 0) is 15.5 Å². The van der Waals surface area contributed by atoms with Crippen LogP contribution in [0, 0.1) is 0 Å². The highest BCUT2D eigenvalue weighted by atomic mass is 32.2. The Morgan fingerprint density at radius 2 is 2.00 bits per heavy atom. The Morgan fingerprint density at radius 3 is 2.47 bits per heavy atom. The Kier molecular flexibility index (Phi) is 4.45. The Labute approximate surface area is 90.3 Å². The smallest absolute Gasteiger partial charge is 0.335 e. The number of carboxylic acids is 1. The highest BCUT2D eigenvalue weighted by molar-refractivity contribution is 7.85. The number of rotatable bonds is 5. The van der Waals surface area contributed by atoms with Crippen LogP contribution >= 0.6 is 0 Å². The van der Waals surface area contributed by atoms with E-state index in [9.17, 15) is 9.00 Å². The maximum atomic E-state index is 11.6. The number of hydrogen-bond acceptors (Lipinski definition) is 3. The summed E-state index contributed by atoms with van der Waals surface area (Å²) in [7, 11) is 0.424. The Hall–Kier alpha value is -1.20. The first-order valence-corrected chi connectivity index (χ1v) is 5.67. The molecule has 1 unspecified atom stereocenters. The zero-order chi connectivity index (χ0) is 11.3. The molecule has 0 saturated heterocycles. The van der Waals surface area contributed by atoms with E-state index in [1.165, 1.54) is 12.1 Å². The Morgan fingerprint density at radius 1 is 1.40 bits per heavy atom. The van der Waals surface area contributed by atoms with Crippen molar-refractivity contribution in [3.05, 3.63) is 29.8 Å². The van der Waals surface area contributed by atoms with E-state index in [-0.39, 0.29) is 5.56 Å². The summed E-state index contributed by atoms with van der Waals surface area (Å²) in [6.45, 7) is 0.424. The standard InChI is InChI=1S/C10H12O4S/c1-14-6-7-15(13)9-4-2-8(3-5-9)10(11)12/h2-5H,6-7H2,1H3,(H,11,12). The molecule has 0 radical (unpaired) electrons. The largest absolute Gasteiger partial charge is 0.478 e. The molecule has 4 nitrogen and oxygen atoms in total. The van der Waals surface area contributed by atoms with Gasteiger partial charge in [-0.2, -0.15) is 0 Å². The van der Waals surface area contributed by atoms with Gasteiger partial charge in [0.05, 0.1) is 28.7 Å². The number of methoxy groups -OCH3 is 1. The van der Waals surface area contributed by atoms with Gasteiger partial charge in [-0.25, -0.2) is 4.79 Å². The molecule has 1 aromatic carbocycles. The van der Waals surface area contributed by atoms with Crippen molar-refractivity contribution in [1.29, 1.82) is 0 Å². The number of ether oxygens (including phenoxy) is 1. The third-order valence-corrected chi connectivity index (χ3v) is 3.17. The lowest BCUT2D eigenvalue weighted by atomic mass is 10.2. The van der Waals surface area contributed by atoms with Crippen LogP contribution in [0.1, 0.15) is 10.4 Å². The van der Waals surface area contributed by atoms with Crippen LogP contribution < -0.4 is 0 Å². The molecule has 5 heteroatoms. The van der Waals surface area contributed by atoms with Gasteiger partial charge in [0.15, 0.2) is 0 Å². The van der Waals surface area contributed by atoms with E-state index in [0.717, 1.165) is 0 Å². The third kappa shape index (κ3) is 3.45. The average Bonchev–Trinajstić information content (AvgIpc) is 2.26. The summed E-state index contributed by atoms with van der Waals surface area (Å²) in [6.07, 6.45) is 0. The molecule has 0 aromatic heterocycles. The molecule has 0 aliphatic rings. The second-order valence-corrected chi connectivity index (χ2v) is 4.44. The molecule has 0 bridgehead atoms. The minimum atomic E-state index is -1.12. The lowest BCUT2D eigenvalue weighted by Gasteiger charge is -2.01. The molecule has 0 aliphatic carbocycles. The topological polar surface area (TPSA) is 63.6 Å². The molecule has 0 saturated carbocycles. The van der Waals surface area contributed by atoms with Crippen molar-refractivity contribution >= 4 is 16.8 Å². The molecule has 0 amide bonds. The van der Waals surface area contributed by atoms with Crippen LogP contribution in [0.25, 0.3) is 0 Å². The molecule has 0 heterocycles. The summed E-state index contributed by atoms with van der Waals surface area (Å²) in [5, 5.41) is 8.66. The predicted octanol–water partition coefficient (Wildman–Crippen LogP) is 1.14. The van der Waals surface area contributed by atoms with Gasteiger partial charge in [0.25, 0.3) is 0 Å². The minimum absolute atomic E-state index is 0.197. The monoisotopic (exact) mass is 228 g/mol. The van der Waals surface area contributed by atoms with Gasteiger partial charge in [-0.15, -0.1) is 0 Å². The zero-order valence-electron chi connectivity index (χ0n) is 8.30. The number of hydrogen-bond donors (Lipinski definition) is 1. The van der Waals surface area contributed by atoms with E-state index in [4.69, 9.17) is 9.84 Å². The van der Waals surface area contributed by atoms with Crippen molar-refractivity contribution < 1.29 is 18.8 Å². The number of carboxylic acid groups (broad SMARTS) is 1. The fourth-order valence-corrected chi connectivity index (χ4v) is 2.02. The maximum Gasteiger partial charge on any atom is 0.335 e. The summed E-state index contributed by atoms with van der Waals surface area (Å²) in [5.74, 6) is -0.563. The maximum absolute atomic E-state index is 11.6. The van der Waals surface area contributed by atoms with Crippen molar-refractivity contribution in [2.45, 2.75) is 4.90 Å². The fraction of sp³-hybridized carbons (Fsp3) is 0.300. The van der Waals surface area contributed by atoms with E-state index < -0.39 is 16.8 Å². The van der Waals surface area contributed by atoms with Crippen LogP contribution in [0.5, 0.6) is 0 Å². The highest BCUT2D eigenvalue weighted by Crippen LogP contribution is 2.09. The molecule has 82 valence electrons. The van der Waals surface area contributed by atoms with E-state index in [0.29, 0.717) is 17.3 Å². The van der Waals surface area contributed by atoms with Crippen LogP contribution in [0.2, 0.25) is 0 Å². The summed E-state index contributed by atoms with van der Waals surface area (Å²) in [5.41, 5.74) is 0.197. The van der Waals surface area contributed by atoms with Crippen LogP contribution in [0.3, 0.4) is 0 Å². The zero-order valence-corrected chi connectivity index (χ0v) is 9.12. The van der Waals surface area contributed by atoms with Gasteiger partial charge in [-0.05, 0) is 24.3 Å². The van der Waals surface area contributed by atoms with Gasteiger partial charge >= 0.3 is 5.97 Å². The van der Waals surface area contributed by atoms with Crippen molar-refractivity contribution in [2.24, 2.45) is 0 Å². The van der Waals surface area contributed by atoms with Gasteiger partial charge in [-0.3, -0.25) is 4.21 Å². The second-order valence-electron chi connectivity index (χ2n) is 2.87. The van der Waals surface area contributed by atoms with Crippen LogP contribution in [0.4, 0.5) is 0 Å². The normalized spacial score (nSPS) is 12.3. The first kappa shape index (κ1) is 11.9. The van der Waals surface area contributed by atoms with E-state index in [1.807, 2.05) is 0 Å². The predicted molar refractivity (Wildman–Crippen MR) is 56.6 cm³/mol. The number of carbonyl (C=O) groups is 1. The first-order chi connectivity index (χ1) is 7.15. The molecular weight excluding hydrogens is 216 g/mol. The molecule has 1 aromatic rings. The van der Waals surface area contributed by atoms with Crippen molar-refractivity contribution in [3.8, 4) is 0 Å². The molecule has 0 spiro atoms. The van der Waals surface area contributed by atoms with Gasteiger partial charge in [-0.1, -0.05) is 0 Å². The molecule has 15 heavy (non-hydrogen) atoms. The highest BCUT2D eigenvalue weighted by Gasteiger charge is 2.06. The average molecular weight is 228 g/mol. The molecule has 0 fully saturated rings. The van der Waals surface area contributed by atoms with Crippen molar-refractivity contribution in [1.82, 2.24) is 0 Å². The van der Waals surface area contributed by atoms with Crippen LogP contribution in [-0.4, -0.2) is 34.8 Å². The summed E-state index contributed by atoms with van der Waals surface area (Å²) in [4.78, 5) is 11.2. The lowest BCUT2D eigenvalue weighted by Crippen LogP contribution is -2.05. The third-order valence-electron chi connectivity index (χ3n) is 1.84. The fourth-order valence-electron chi connectivity index (χ4n) is 1.03.